The summed E-state index contributed by atoms with van der Waals surface area (Å²) in [5.74, 6) is 0. The van der Waals surface area contributed by atoms with E-state index in [0.29, 0.717) is 5.15 Å². The van der Waals surface area contributed by atoms with Gasteiger partial charge in [-0.05, 0) is 34.6 Å². The second-order valence-corrected chi connectivity index (χ2v) is 6.68. The first kappa shape index (κ1) is 14.8. The predicted octanol–water partition coefficient (Wildman–Crippen LogP) is 2.40. The summed E-state index contributed by atoms with van der Waals surface area (Å²) in [7, 11) is -0.464. The molecule has 0 unspecified atom stereocenters. The number of rotatable bonds is 2. The van der Waals surface area contributed by atoms with Gasteiger partial charge in [0.05, 0.1) is 16.6 Å². The number of nitrogens with zero attached hydrogens (tertiary/aromatic N) is 3. The van der Waals surface area contributed by atoms with Gasteiger partial charge in [0.2, 0.25) is 0 Å². The molecular formula is C14H19BClN3O2. The van der Waals surface area contributed by atoms with Crippen LogP contribution in [0.5, 0.6) is 0 Å². The summed E-state index contributed by atoms with van der Waals surface area (Å²) >= 11 is 6.28. The molecule has 0 aliphatic carbocycles. The molecule has 0 aromatic carbocycles. The number of hydrogen-bond donors (Lipinski definition) is 0. The summed E-state index contributed by atoms with van der Waals surface area (Å²) in [6, 6.07) is 0. The van der Waals surface area contributed by atoms with Crippen LogP contribution in [0.25, 0.3) is 11.0 Å². The Balaban J connectivity index is 2.14. The quantitative estimate of drug-likeness (QED) is 0.631. The summed E-state index contributed by atoms with van der Waals surface area (Å²) < 4.78 is 14.3. The molecule has 0 saturated carbocycles. The average molecular weight is 308 g/mol. The highest BCUT2D eigenvalue weighted by molar-refractivity contribution is 6.66. The van der Waals surface area contributed by atoms with Crippen molar-refractivity contribution in [3.05, 3.63) is 17.7 Å². The topological polar surface area (TPSA) is 49.2 Å². The number of halogens is 1. The minimum atomic E-state index is -0.464. The lowest BCUT2D eigenvalue weighted by molar-refractivity contribution is 0.00578. The molecule has 0 radical (unpaired) electrons. The van der Waals surface area contributed by atoms with Crippen molar-refractivity contribution in [3.8, 4) is 0 Å². The number of aryl methyl sites for hydroxylation is 1. The fourth-order valence-electron chi connectivity index (χ4n) is 2.50. The van der Waals surface area contributed by atoms with Crippen LogP contribution in [0.3, 0.4) is 0 Å². The SMILES string of the molecule is CCn1cc(B2OC(C)(C)C(C)(C)O2)c2c(Cl)ncnc21. The Morgan fingerprint density at radius 3 is 2.38 bits per heavy atom. The van der Waals surface area contributed by atoms with E-state index in [0.717, 1.165) is 23.0 Å². The Morgan fingerprint density at radius 1 is 1.19 bits per heavy atom. The van der Waals surface area contributed by atoms with E-state index in [4.69, 9.17) is 20.9 Å². The number of fused-ring (bicyclic) bond motifs is 1. The van der Waals surface area contributed by atoms with Crippen molar-refractivity contribution in [2.24, 2.45) is 0 Å². The molecular weight excluding hydrogens is 288 g/mol. The maximum absolute atomic E-state index is 6.28. The molecule has 1 aliphatic rings. The molecule has 21 heavy (non-hydrogen) atoms. The Hall–Kier alpha value is -1.11. The van der Waals surface area contributed by atoms with Crippen molar-refractivity contribution in [2.45, 2.75) is 52.4 Å². The molecule has 2 aromatic rings. The van der Waals surface area contributed by atoms with Crippen LogP contribution in [0.1, 0.15) is 34.6 Å². The van der Waals surface area contributed by atoms with Crippen LogP contribution in [-0.4, -0.2) is 32.9 Å². The van der Waals surface area contributed by atoms with Crippen molar-refractivity contribution in [1.29, 1.82) is 0 Å². The van der Waals surface area contributed by atoms with E-state index in [1.807, 2.05) is 38.5 Å². The molecule has 0 bridgehead atoms. The highest BCUT2D eigenvalue weighted by Crippen LogP contribution is 2.37. The van der Waals surface area contributed by atoms with E-state index >= 15 is 0 Å². The lowest BCUT2D eigenvalue weighted by atomic mass is 9.79. The summed E-state index contributed by atoms with van der Waals surface area (Å²) in [6.07, 6.45) is 3.47. The molecule has 5 nitrogen and oxygen atoms in total. The minimum Gasteiger partial charge on any atom is -0.399 e. The highest BCUT2D eigenvalue weighted by Gasteiger charge is 2.52. The van der Waals surface area contributed by atoms with Gasteiger partial charge in [-0.25, -0.2) is 9.97 Å². The van der Waals surface area contributed by atoms with Gasteiger partial charge in [-0.15, -0.1) is 0 Å². The molecule has 2 aromatic heterocycles. The first-order valence-electron chi connectivity index (χ1n) is 7.11. The monoisotopic (exact) mass is 307 g/mol. The van der Waals surface area contributed by atoms with Gasteiger partial charge < -0.3 is 13.9 Å². The number of hydrogen-bond acceptors (Lipinski definition) is 4. The maximum Gasteiger partial charge on any atom is 0.497 e. The third kappa shape index (κ3) is 2.17. The summed E-state index contributed by atoms with van der Waals surface area (Å²) in [4.78, 5) is 8.42. The summed E-state index contributed by atoms with van der Waals surface area (Å²) in [5, 5.41) is 1.23. The molecule has 0 amide bonds. The third-order valence-corrected chi connectivity index (χ3v) is 4.77. The van der Waals surface area contributed by atoms with E-state index in [-0.39, 0.29) is 11.2 Å². The normalized spacial score (nSPS) is 20.4. The third-order valence-electron chi connectivity index (χ3n) is 4.48. The summed E-state index contributed by atoms with van der Waals surface area (Å²) in [6.45, 7) is 11.0. The summed E-state index contributed by atoms with van der Waals surface area (Å²) in [5.41, 5.74) is 0.916. The zero-order valence-electron chi connectivity index (χ0n) is 13.0. The molecule has 0 spiro atoms. The maximum atomic E-state index is 6.28. The Bertz CT molecular complexity index is 683. The highest BCUT2D eigenvalue weighted by atomic mass is 35.5. The van der Waals surface area contributed by atoms with Crippen molar-refractivity contribution >= 4 is 35.2 Å². The van der Waals surface area contributed by atoms with Crippen LogP contribution >= 0.6 is 11.6 Å². The predicted molar refractivity (Wildman–Crippen MR) is 83.9 cm³/mol. The van der Waals surface area contributed by atoms with Crippen LogP contribution < -0.4 is 5.46 Å². The second-order valence-electron chi connectivity index (χ2n) is 6.32. The van der Waals surface area contributed by atoms with Crippen LogP contribution in [-0.2, 0) is 15.9 Å². The van der Waals surface area contributed by atoms with Gasteiger partial charge in [0, 0.05) is 18.2 Å². The van der Waals surface area contributed by atoms with Gasteiger partial charge in [-0.2, -0.15) is 0 Å². The minimum absolute atomic E-state index is 0.388. The molecule has 3 rings (SSSR count). The van der Waals surface area contributed by atoms with Crippen LogP contribution in [0.15, 0.2) is 12.5 Å². The fraction of sp³-hybridized carbons (Fsp3) is 0.571. The molecule has 1 aliphatic heterocycles. The van der Waals surface area contributed by atoms with Crippen LogP contribution in [0.2, 0.25) is 5.15 Å². The number of aromatic nitrogens is 3. The van der Waals surface area contributed by atoms with Crippen molar-refractivity contribution in [2.75, 3.05) is 0 Å². The zero-order chi connectivity index (χ0) is 15.4. The van der Waals surface area contributed by atoms with E-state index < -0.39 is 7.12 Å². The van der Waals surface area contributed by atoms with Gasteiger partial charge >= 0.3 is 7.12 Å². The van der Waals surface area contributed by atoms with Crippen LogP contribution in [0, 0.1) is 0 Å². The molecule has 0 atom stereocenters. The molecule has 7 heteroatoms. The lowest BCUT2D eigenvalue weighted by Gasteiger charge is -2.32. The molecule has 112 valence electrons. The first-order chi connectivity index (χ1) is 9.77. The van der Waals surface area contributed by atoms with Gasteiger partial charge in [-0.3, -0.25) is 0 Å². The largest absolute Gasteiger partial charge is 0.497 e. The van der Waals surface area contributed by atoms with E-state index in [1.54, 1.807) is 0 Å². The second kappa shape index (κ2) is 4.70. The van der Waals surface area contributed by atoms with E-state index in [9.17, 15) is 0 Å². The zero-order valence-corrected chi connectivity index (χ0v) is 13.7. The van der Waals surface area contributed by atoms with Gasteiger partial charge in [0.25, 0.3) is 0 Å². The lowest BCUT2D eigenvalue weighted by Crippen LogP contribution is -2.41. The van der Waals surface area contributed by atoms with Crippen molar-refractivity contribution < 1.29 is 9.31 Å². The molecule has 1 fully saturated rings. The van der Waals surface area contributed by atoms with Gasteiger partial charge in [0.15, 0.2) is 0 Å². The molecule has 1 saturated heterocycles. The Morgan fingerprint density at radius 2 is 1.81 bits per heavy atom. The van der Waals surface area contributed by atoms with Gasteiger partial charge in [-0.1, -0.05) is 11.6 Å². The standard InChI is InChI=1S/C14H19BClN3O2/c1-6-19-7-9(10-11(16)17-8-18-12(10)19)15-20-13(2,3)14(4,5)21-15/h7-8H,6H2,1-5H3. The smallest absolute Gasteiger partial charge is 0.399 e. The molecule has 0 N–H and O–H groups in total. The molecule has 3 heterocycles. The van der Waals surface area contributed by atoms with E-state index in [1.165, 1.54) is 6.33 Å². The van der Waals surface area contributed by atoms with Crippen molar-refractivity contribution in [3.63, 3.8) is 0 Å². The van der Waals surface area contributed by atoms with Crippen molar-refractivity contribution in [1.82, 2.24) is 14.5 Å². The van der Waals surface area contributed by atoms with Gasteiger partial charge in [0.1, 0.15) is 17.1 Å². The first-order valence-corrected chi connectivity index (χ1v) is 7.49. The van der Waals surface area contributed by atoms with E-state index in [2.05, 4.69) is 16.9 Å². The Labute approximate surface area is 129 Å². The van der Waals surface area contributed by atoms with Crippen LogP contribution in [0.4, 0.5) is 0 Å². The average Bonchev–Trinajstić information content (AvgIpc) is 2.86. The fourth-order valence-corrected chi connectivity index (χ4v) is 2.74. The Kier molecular flexibility index (Phi) is 3.31.